The molecule has 2 amide bonds. The molecule has 6 nitrogen and oxygen atoms in total. The van der Waals surface area contributed by atoms with E-state index in [-0.39, 0.29) is 36.5 Å². The van der Waals surface area contributed by atoms with E-state index in [0.717, 1.165) is 23.6 Å². The number of aliphatic hydroxyl groups is 1. The van der Waals surface area contributed by atoms with Gasteiger partial charge in [0.2, 0.25) is 0 Å². The molecule has 0 aliphatic carbocycles. The molecule has 0 saturated heterocycles. The largest absolute Gasteiger partial charge is 0.390 e. The van der Waals surface area contributed by atoms with E-state index >= 15 is 0 Å². The number of amides is 2. The van der Waals surface area contributed by atoms with Gasteiger partial charge in [0, 0.05) is 42.4 Å². The van der Waals surface area contributed by atoms with Crippen molar-refractivity contribution in [2.45, 2.75) is 85.2 Å². The zero-order chi connectivity index (χ0) is 31.0. The van der Waals surface area contributed by atoms with Crippen LogP contribution in [-0.4, -0.2) is 52.6 Å². The van der Waals surface area contributed by atoms with Crippen LogP contribution in [0.3, 0.4) is 0 Å². The van der Waals surface area contributed by atoms with Crippen molar-refractivity contribution >= 4 is 11.8 Å². The molecule has 0 spiro atoms. The Bertz CT molecular complexity index is 1350. The Morgan fingerprint density at radius 1 is 0.857 bits per heavy atom. The van der Waals surface area contributed by atoms with Crippen LogP contribution in [0, 0.1) is 18.6 Å². The highest BCUT2D eigenvalue weighted by molar-refractivity contribution is 6.00. The number of carbonyl (C=O) groups is 2. The number of benzene rings is 3. The summed E-state index contributed by atoms with van der Waals surface area (Å²) in [5, 5.41) is 17.2. The van der Waals surface area contributed by atoms with E-state index in [2.05, 4.69) is 29.7 Å². The average Bonchev–Trinajstić information content (AvgIpc) is 2.91. The maximum absolute atomic E-state index is 14.0. The maximum Gasteiger partial charge on any atom is 0.254 e. The molecule has 226 valence electrons. The number of carbonyl (C=O) groups excluding carboxylic acids is 2. The molecule has 3 rings (SSSR count). The van der Waals surface area contributed by atoms with Crippen LogP contribution in [0.4, 0.5) is 8.78 Å². The number of aliphatic hydroxyl groups excluding tert-OH is 1. The summed E-state index contributed by atoms with van der Waals surface area (Å²) in [6.45, 7) is 12.3. The number of nitrogens with one attached hydrogen (secondary N) is 2. The summed E-state index contributed by atoms with van der Waals surface area (Å²) in [5.41, 5.74) is 3.95. The molecule has 0 heterocycles. The fourth-order valence-corrected chi connectivity index (χ4v) is 5.24. The lowest BCUT2D eigenvalue weighted by Crippen LogP contribution is -2.48. The van der Waals surface area contributed by atoms with Gasteiger partial charge in [0.1, 0.15) is 11.6 Å². The van der Waals surface area contributed by atoms with Gasteiger partial charge in [-0.25, -0.2) is 8.78 Å². The molecule has 2 atom stereocenters. The molecule has 3 aromatic rings. The van der Waals surface area contributed by atoms with E-state index in [1.807, 2.05) is 46.8 Å². The van der Waals surface area contributed by atoms with Gasteiger partial charge < -0.3 is 20.6 Å². The van der Waals surface area contributed by atoms with Gasteiger partial charge in [0.05, 0.1) is 12.1 Å². The molecule has 0 fully saturated rings. The van der Waals surface area contributed by atoms with E-state index < -0.39 is 29.7 Å². The average molecular weight is 580 g/mol. The van der Waals surface area contributed by atoms with Gasteiger partial charge in [0.25, 0.3) is 11.8 Å². The third-order valence-electron chi connectivity index (χ3n) is 7.17. The molecular formula is C34H43F2N3O3. The lowest BCUT2D eigenvalue weighted by molar-refractivity contribution is 0.0643. The van der Waals surface area contributed by atoms with Crippen LogP contribution in [-0.2, 0) is 19.4 Å². The van der Waals surface area contributed by atoms with E-state index in [1.54, 1.807) is 23.1 Å². The normalized spacial score (nSPS) is 12.8. The van der Waals surface area contributed by atoms with Gasteiger partial charge in [-0.2, -0.15) is 0 Å². The third kappa shape index (κ3) is 9.19. The molecule has 42 heavy (non-hydrogen) atoms. The molecule has 8 heteroatoms. The molecule has 0 bridgehead atoms. The monoisotopic (exact) mass is 579 g/mol. The van der Waals surface area contributed by atoms with E-state index in [1.165, 1.54) is 17.7 Å². The zero-order valence-electron chi connectivity index (χ0n) is 25.4. The SMILES string of the molecule is CCc1cccc(CNC[C@@H](O)[C@H](Cc2cc(F)cc(F)c2)NC(=O)c2cc(C)cc(C(=O)N(C(C)C)C(C)C)c2)c1. The Morgan fingerprint density at radius 2 is 1.48 bits per heavy atom. The molecule has 3 N–H and O–H groups in total. The van der Waals surface area contributed by atoms with Gasteiger partial charge in [-0.05, 0) is 100 Å². The first-order valence-corrected chi connectivity index (χ1v) is 14.5. The highest BCUT2D eigenvalue weighted by atomic mass is 19.1. The number of halogens is 2. The number of hydrogen-bond donors (Lipinski definition) is 3. The fourth-order valence-electron chi connectivity index (χ4n) is 5.24. The number of rotatable bonds is 13. The first-order valence-electron chi connectivity index (χ1n) is 14.5. The summed E-state index contributed by atoms with van der Waals surface area (Å²) in [5.74, 6) is -2.15. The van der Waals surface area contributed by atoms with Crippen molar-refractivity contribution in [2.75, 3.05) is 6.54 Å². The van der Waals surface area contributed by atoms with Gasteiger partial charge >= 0.3 is 0 Å². The summed E-state index contributed by atoms with van der Waals surface area (Å²) in [7, 11) is 0. The first kappa shape index (κ1) is 32.9. The molecule has 3 aromatic carbocycles. The Kier molecular flexibility index (Phi) is 11.8. The van der Waals surface area contributed by atoms with Gasteiger partial charge in [-0.15, -0.1) is 0 Å². The second-order valence-corrected chi connectivity index (χ2v) is 11.4. The Balaban J connectivity index is 1.82. The molecular weight excluding hydrogens is 536 g/mol. The summed E-state index contributed by atoms with van der Waals surface area (Å²) in [4.78, 5) is 28.6. The van der Waals surface area contributed by atoms with Crippen LogP contribution in [0.5, 0.6) is 0 Å². The van der Waals surface area contributed by atoms with E-state index in [4.69, 9.17) is 0 Å². The lowest BCUT2D eigenvalue weighted by atomic mass is 9.99. The summed E-state index contributed by atoms with van der Waals surface area (Å²) < 4.78 is 27.9. The standard InChI is InChI=1S/C34H43F2N3O3/c1-7-24-9-8-10-25(13-24)19-37-20-32(40)31(16-26-14-29(35)18-30(36)15-26)38-33(41)27-11-23(6)12-28(17-27)34(42)39(21(2)3)22(4)5/h8-15,17-18,21-22,31-32,37,40H,7,16,19-20H2,1-6H3,(H,38,41)/t31-,32+/m0/s1. The third-order valence-corrected chi connectivity index (χ3v) is 7.17. The second kappa shape index (κ2) is 15.0. The van der Waals surface area contributed by atoms with E-state index in [0.29, 0.717) is 17.7 Å². The highest BCUT2D eigenvalue weighted by Crippen LogP contribution is 2.18. The quantitative estimate of drug-likeness (QED) is 0.247. The first-order chi connectivity index (χ1) is 19.9. The highest BCUT2D eigenvalue weighted by Gasteiger charge is 2.26. The van der Waals surface area contributed by atoms with Crippen molar-refractivity contribution in [3.05, 3.63) is 106 Å². The summed E-state index contributed by atoms with van der Waals surface area (Å²) >= 11 is 0. The Hall–Kier alpha value is -3.62. The predicted octanol–water partition coefficient (Wildman–Crippen LogP) is 5.59. The van der Waals surface area contributed by atoms with Crippen LogP contribution in [0.15, 0.2) is 60.7 Å². The topological polar surface area (TPSA) is 81.7 Å². The molecule has 0 aliphatic heterocycles. The lowest BCUT2D eigenvalue weighted by Gasteiger charge is -2.31. The molecule has 0 aliphatic rings. The van der Waals surface area contributed by atoms with Crippen LogP contribution in [0.25, 0.3) is 0 Å². The van der Waals surface area contributed by atoms with Crippen LogP contribution >= 0.6 is 0 Å². The van der Waals surface area contributed by atoms with Crippen LogP contribution in [0.1, 0.15) is 77.6 Å². The molecule has 0 unspecified atom stereocenters. The molecule has 0 aromatic heterocycles. The van der Waals surface area contributed by atoms with Crippen molar-refractivity contribution in [1.82, 2.24) is 15.5 Å². The van der Waals surface area contributed by atoms with Crippen molar-refractivity contribution in [1.29, 1.82) is 0 Å². The molecule has 0 radical (unpaired) electrons. The molecule has 0 saturated carbocycles. The van der Waals surface area contributed by atoms with Crippen molar-refractivity contribution in [3.8, 4) is 0 Å². The van der Waals surface area contributed by atoms with Crippen molar-refractivity contribution < 1.29 is 23.5 Å². The second-order valence-electron chi connectivity index (χ2n) is 11.4. The Labute approximate surface area is 248 Å². The maximum atomic E-state index is 14.0. The summed E-state index contributed by atoms with van der Waals surface area (Å²) in [6, 6.07) is 15.3. The fraction of sp³-hybridized carbons (Fsp3) is 0.412. The number of hydrogen-bond acceptors (Lipinski definition) is 4. The van der Waals surface area contributed by atoms with Crippen molar-refractivity contribution in [3.63, 3.8) is 0 Å². The number of nitrogens with zero attached hydrogens (tertiary/aromatic N) is 1. The minimum absolute atomic E-state index is 0.000661. The van der Waals surface area contributed by atoms with E-state index in [9.17, 15) is 23.5 Å². The van der Waals surface area contributed by atoms with Gasteiger partial charge in [0.15, 0.2) is 0 Å². The minimum atomic E-state index is -1.07. The summed E-state index contributed by atoms with van der Waals surface area (Å²) in [6.07, 6.45) is -0.160. The Morgan fingerprint density at radius 3 is 2.10 bits per heavy atom. The van der Waals surface area contributed by atoms with Crippen LogP contribution in [0.2, 0.25) is 0 Å². The predicted molar refractivity (Wildman–Crippen MR) is 162 cm³/mol. The van der Waals surface area contributed by atoms with Crippen LogP contribution < -0.4 is 10.6 Å². The van der Waals surface area contributed by atoms with Gasteiger partial charge in [-0.3, -0.25) is 9.59 Å². The smallest absolute Gasteiger partial charge is 0.254 e. The number of aryl methyl sites for hydroxylation is 2. The zero-order valence-corrected chi connectivity index (χ0v) is 25.4. The van der Waals surface area contributed by atoms with Gasteiger partial charge in [-0.1, -0.05) is 31.2 Å². The minimum Gasteiger partial charge on any atom is -0.390 e. The van der Waals surface area contributed by atoms with Crippen molar-refractivity contribution in [2.24, 2.45) is 0 Å².